The maximum atomic E-state index is 11.3. The minimum Gasteiger partial charge on any atom is -0.480 e. The molecule has 0 bridgehead atoms. The number of benzene rings is 1. The van der Waals surface area contributed by atoms with Gasteiger partial charge < -0.3 is 16.2 Å². The van der Waals surface area contributed by atoms with E-state index in [1.54, 1.807) is 18.2 Å². The Balaban J connectivity index is 2.77. The number of anilines is 1. The zero-order valence-electron chi connectivity index (χ0n) is 8.53. The van der Waals surface area contributed by atoms with Crippen molar-refractivity contribution in [1.29, 1.82) is 0 Å². The maximum absolute atomic E-state index is 11.3. The molecular formula is C10H11BrN2O3. The number of nitrogens with two attached hydrogens (primary N) is 1. The Kier molecular flexibility index (Phi) is 4.03. The highest BCUT2D eigenvalue weighted by molar-refractivity contribution is 9.10. The summed E-state index contributed by atoms with van der Waals surface area (Å²) in [4.78, 5) is 21.8. The second-order valence-corrected chi connectivity index (χ2v) is 4.12. The molecule has 4 N–H and O–H groups in total. The molecule has 0 saturated heterocycles. The lowest BCUT2D eigenvalue weighted by Gasteiger charge is -2.09. The van der Waals surface area contributed by atoms with E-state index in [2.05, 4.69) is 21.2 Å². The summed E-state index contributed by atoms with van der Waals surface area (Å²) in [7, 11) is 0. The lowest BCUT2D eigenvalue weighted by molar-refractivity contribution is -0.141. The van der Waals surface area contributed by atoms with Gasteiger partial charge in [-0.25, -0.2) is 4.79 Å². The summed E-state index contributed by atoms with van der Waals surface area (Å²) in [6, 6.07) is 3.58. The van der Waals surface area contributed by atoms with Crippen LogP contribution in [0.1, 0.15) is 5.56 Å². The summed E-state index contributed by atoms with van der Waals surface area (Å²) in [6.07, 6.45) is 0. The number of aryl methyl sites for hydroxylation is 1. The predicted octanol–water partition coefficient (Wildman–Crippen LogP) is 1.11. The molecule has 86 valence electrons. The van der Waals surface area contributed by atoms with Crippen LogP contribution in [0.4, 0.5) is 5.69 Å². The van der Waals surface area contributed by atoms with Gasteiger partial charge in [0.15, 0.2) is 6.04 Å². The van der Waals surface area contributed by atoms with E-state index >= 15 is 0 Å². The lowest BCUT2D eigenvalue weighted by Crippen LogP contribution is -2.42. The van der Waals surface area contributed by atoms with Gasteiger partial charge in [0.05, 0.1) is 0 Å². The van der Waals surface area contributed by atoms with Crippen LogP contribution >= 0.6 is 15.9 Å². The Morgan fingerprint density at radius 2 is 2.12 bits per heavy atom. The van der Waals surface area contributed by atoms with Crippen LogP contribution in [0, 0.1) is 6.92 Å². The summed E-state index contributed by atoms with van der Waals surface area (Å²) >= 11 is 3.32. The molecule has 0 aromatic heterocycles. The van der Waals surface area contributed by atoms with Gasteiger partial charge in [0.2, 0.25) is 0 Å². The Bertz CT molecular complexity index is 434. The molecule has 1 unspecified atom stereocenters. The quantitative estimate of drug-likeness (QED) is 0.726. The third kappa shape index (κ3) is 3.04. The molecule has 5 nitrogen and oxygen atoms in total. The zero-order chi connectivity index (χ0) is 12.3. The van der Waals surface area contributed by atoms with Crippen LogP contribution in [0.3, 0.4) is 0 Å². The first kappa shape index (κ1) is 12.7. The van der Waals surface area contributed by atoms with Crippen LogP contribution in [-0.2, 0) is 9.59 Å². The molecule has 1 aromatic carbocycles. The zero-order valence-corrected chi connectivity index (χ0v) is 10.1. The molecule has 0 spiro atoms. The number of carbonyl (C=O) groups excluding carboxylic acids is 1. The van der Waals surface area contributed by atoms with Crippen molar-refractivity contribution in [2.24, 2.45) is 5.73 Å². The molecule has 0 radical (unpaired) electrons. The number of hydrogen-bond acceptors (Lipinski definition) is 3. The summed E-state index contributed by atoms with van der Waals surface area (Å²) in [6.45, 7) is 1.86. The van der Waals surface area contributed by atoms with Crippen LogP contribution in [0.25, 0.3) is 0 Å². The van der Waals surface area contributed by atoms with E-state index < -0.39 is 17.9 Å². The largest absolute Gasteiger partial charge is 0.480 e. The van der Waals surface area contributed by atoms with Crippen molar-refractivity contribution >= 4 is 33.5 Å². The number of carbonyl (C=O) groups is 2. The summed E-state index contributed by atoms with van der Waals surface area (Å²) < 4.78 is 0.910. The van der Waals surface area contributed by atoms with Crippen molar-refractivity contribution in [2.45, 2.75) is 13.0 Å². The summed E-state index contributed by atoms with van der Waals surface area (Å²) in [5, 5.41) is 11.0. The van der Waals surface area contributed by atoms with Gasteiger partial charge in [0, 0.05) is 10.2 Å². The Hall–Kier alpha value is -1.40. The van der Waals surface area contributed by atoms with E-state index in [9.17, 15) is 9.59 Å². The third-order valence-corrected chi connectivity index (χ3v) is 2.86. The van der Waals surface area contributed by atoms with Crippen LogP contribution in [0.2, 0.25) is 0 Å². The fraction of sp³-hybridized carbons (Fsp3) is 0.200. The number of carboxylic acid groups (broad SMARTS) is 1. The van der Waals surface area contributed by atoms with Crippen molar-refractivity contribution < 1.29 is 14.7 Å². The number of amides is 1. The second-order valence-electron chi connectivity index (χ2n) is 3.27. The average Bonchev–Trinajstić information content (AvgIpc) is 2.22. The van der Waals surface area contributed by atoms with Gasteiger partial charge in [-0.2, -0.15) is 0 Å². The van der Waals surface area contributed by atoms with Crippen LogP contribution in [0.15, 0.2) is 22.7 Å². The maximum Gasteiger partial charge on any atom is 0.330 e. The Labute approximate surface area is 101 Å². The van der Waals surface area contributed by atoms with E-state index in [0.29, 0.717) is 5.69 Å². The van der Waals surface area contributed by atoms with Gasteiger partial charge in [-0.1, -0.05) is 15.9 Å². The Morgan fingerprint density at radius 3 is 2.62 bits per heavy atom. The fourth-order valence-electron chi connectivity index (χ4n) is 1.05. The molecule has 1 aromatic rings. The van der Waals surface area contributed by atoms with Gasteiger partial charge in [0.25, 0.3) is 5.91 Å². The Morgan fingerprint density at radius 1 is 1.50 bits per heavy atom. The van der Waals surface area contributed by atoms with Crippen molar-refractivity contribution in [1.82, 2.24) is 0 Å². The van der Waals surface area contributed by atoms with Gasteiger partial charge in [-0.15, -0.1) is 0 Å². The van der Waals surface area contributed by atoms with Crippen molar-refractivity contribution in [3.63, 3.8) is 0 Å². The monoisotopic (exact) mass is 286 g/mol. The van der Waals surface area contributed by atoms with Gasteiger partial charge in [0.1, 0.15) is 0 Å². The normalized spacial score (nSPS) is 11.9. The molecule has 6 heteroatoms. The number of aliphatic carboxylic acids is 1. The molecule has 0 aliphatic carbocycles. The van der Waals surface area contributed by atoms with Crippen LogP contribution in [-0.4, -0.2) is 23.0 Å². The molecule has 1 amide bonds. The highest BCUT2D eigenvalue weighted by Gasteiger charge is 2.21. The number of rotatable bonds is 3. The number of hydrogen-bond donors (Lipinski definition) is 3. The first-order valence-corrected chi connectivity index (χ1v) is 5.26. The first-order chi connectivity index (χ1) is 7.41. The standard InChI is InChI=1S/C10H11BrN2O3/c1-5-4-6(2-3-7(5)11)13-9(14)8(12)10(15)16/h2-4,8H,12H2,1H3,(H,13,14)(H,15,16). The minimum atomic E-state index is -1.55. The van der Waals surface area contributed by atoms with Crippen molar-refractivity contribution in [3.8, 4) is 0 Å². The highest BCUT2D eigenvalue weighted by Crippen LogP contribution is 2.19. The fourth-order valence-corrected chi connectivity index (χ4v) is 1.30. The molecule has 0 aliphatic heterocycles. The molecule has 0 aliphatic rings. The van der Waals surface area contributed by atoms with Crippen LogP contribution < -0.4 is 11.1 Å². The number of nitrogens with one attached hydrogen (secondary N) is 1. The molecule has 16 heavy (non-hydrogen) atoms. The van der Waals surface area contributed by atoms with Crippen molar-refractivity contribution in [2.75, 3.05) is 5.32 Å². The average molecular weight is 287 g/mol. The topological polar surface area (TPSA) is 92.4 Å². The third-order valence-electron chi connectivity index (χ3n) is 1.97. The summed E-state index contributed by atoms with van der Waals surface area (Å²) in [5.41, 5.74) is 6.60. The van der Waals surface area contributed by atoms with Gasteiger partial charge in [-0.3, -0.25) is 4.79 Å². The minimum absolute atomic E-state index is 0.516. The van der Waals surface area contributed by atoms with Crippen molar-refractivity contribution in [3.05, 3.63) is 28.2 Å². The predicted molar refractivity (Wildman–Crippen MR) is 63.1 cm³/mol. The molecule has 1 atom stereocenters. The summed E-state index contributed by atoms with van der Waals surface area (Å²) in [5.74, 6) is -2.10. The van der Waals surface area contributed by atoms with Crippen LogP contribution in [0.5, 0.6) is 0 Å². The molecule has 1 rings (SSSR count). The van der Waals surface area contributed by atoms with E-state index in [1.165, 1.54) is 0 Å². The van der Waals surface area contributed by atoms with E-state index in [-0.39, 0.29) is 0 Å². The van der Waals surface area contributed by atoms with Gasteiger partial charge in [-0.05, 0) is 30.7 Å². The van der Waals surface area contributed by atoms with Gasteiger partial charge >= 0.3 is 5.97 Å². The number of halogens is 1. The molecule has 0 saturated carbocycles. The first-order valence-electron chi connectivity index (χ1n) is 4.47. The number of carboxylic acids is 1. The smallest absolute Gasteiger partial charge is 0.330 e. The van der Waals surface area contributed by atoms with E-state index in [0.717, 1.165) is 10.0 Å². The van der Waals surface area contributed by atoms with E-state index in [1.807, 2.05) is 6.92 Å². The second kappa shape index (κ2) is 5.09. The molecule has 0 fully saturated rings. The molecular weight excluding hydrogens is 276 g/mol. The SMILES string of the molecule is Cc1cc(NC(=O)C(N)C(=O)O)ccc1Br. The molecule has 0 heterocycles. The highest BCUT2D eigenvalue weighted by atomic mass is 79.9. The van der Waals surface area contributed by atoms with E-state index in [4.69, 9.17) is 10.8 Å². The lowest BCUT2D eigenvalue weighted by atomic mass is 10.2.